The van der Waals surface area contributed by atoms with Gasteiger partial charge < -0.3 is 14.8 Å². The Labute approximate surface area is 196 Å². The molecule has 0 spiro atoms. The highest BCUT2D eigenvalue weighted by atomic mass is 32.1. The normalized spacial score (nSPS) is 22.4. The van der Waals surface area contributed by atoms with Crippen LogP contribution in [0.25, 0.3) is 11.3 Å². The Morgan fingerprint density at radius 2 is 1.76 bits per heavy atom. The number of nitrogens with zero attached hydrogens (tertiary/aromatic N) is 2. The molecule has 170 valence electrons. The third-order valence-corrected chi connectivity index (χ3v) is 7.10. The molecule has 1 aliphatic heterocycles. The number of ether oxygens (including phenoxy) is 2. The molecule has 1 aliphatic rings. The van der Waals surface area contributed by atoms with Crippen molar-refractivity contribution in [3.63, 3.8) is 0 Å². The monoisotopic (exact) mass is 463 g/mol. The molecule has 3 unspecified atom stereocenters. The van der Waals surface area contributed by atoms with Crippen LogP contribution in [0.5, 0.6) is 0 Å². The second-order valence-electron chi connectivity index (χ2n) is 7.86. The van der Waals surface area contributed by atoms with Crippen LogP contribution in [0, 0.1) is 0 Å². The minimum Gasteiger partial charge on any atom is -0.468 e. The van der Waals surface area contributed by atoms with Crippen LogP contribution in [0.1, 0.15) is 30.3 Å². The Balaban J connectivity index is 2.02. The topological polar surface area (TPSA) is 90.4 Å². The second kappa shape index (κ2) is 9.15. The number of benzene rings is 1. The molecule has 3 heterocycles. The Bertz CT molecular complexity index is 1190. The number of carbonyl (C=O) groups is 2. The van der Waals surface area contributed by atoms with Crippen molar-refractivity contribution in [1.82, 2.24) is 15.3 Å². The maximum Gasteiger partial charge on any atom is 0.336 e. The van der Waals surface area contributed by atoms with Gasteiger partial charge in [-0.15, -0.1) is 11.3 Å². The first-order valence-corrected chi connectivity index (χ1v) is 11.4. The minimum atomic E-state index is -1.24. The molecule has 3 atom stereocenters. The fourth-order valence-electron chi connectivity index (χ4n) is 4.70. The highest BCUT2D eigenvalue weighted by Crippen LogP contribution is 2.51. The van der Waals surface area contributed by atoms with Gasteiger partial charge in [-0.2, -0.15) is 0 Å². The number of nitrogens with one attached hydrogen (secondary N) is 1. The number of thiazole rings is 1. The zero-order valence-electron chi connectivity index (χ0n) is 18.9. The van der Waals surface area contributed by atoms with Crippen LogP contribution in [0.4, 0.5) is 0 Å². The zero-order valence-corrected chi connectivity index (χ0v) is 19.7. The van der Waals surface area contributed by atoms with Crippen molar-refractivity contribution in [1.29, 1.82) is 0 Å². The third-order valence-electron chi connectivity index (χ3n) is 6.19. The average Bonchev–Trinajstić information content (AvgIpc) is 3.34. The van der Waals surface area contributed by atoms with E-state index < -0.39 is 23.3 Å². The Kier molecular flexibility index (Phi) is 6.29. The predicted molar refractivity (Wildman–Crippen MR) is 126 cm³/mol. The lowest BCUT2D eigenvalue weighted by molar-refractivity contribution is -0.150. The average molecular weight is 464 g/mol. The molecular formula is C25H25N3O4S. The lowest BCUT2D eigenvalue weighted by Gasteiger charge is -2.47. The van der Waals surface area contributed by atoms with E-state index in [-0.39, 0.29) is 6.04 Å². The fraction of sp³-hybridized carbons (Fsp3) is 0.280. The van der Waals surface area contributed by atoms with Gasteiger partial charge in [-0.1, -0.05) is 30.3 Å². The number of methoxy groups -OCH3 is 2. The zero-order chi connectivity index (χ0) is 23.6. The number of pyridine rings is 1. The summed E-state index contributed by atoms with van der Waals surface area (Å²) in [5, 5.41) is 5.89. The molecule has 0 fully saturated rings. The molecule has 2 aromatic heterocycles. The minimum absolute atomic E-state index is 0.362. The summed E-state index contributed by atoms with van der Waals surface area (Å²) in [5.41, 5.74) is 2.15. The molecule has 0 saturated heterocycles. The van der Waals surface area contributed by atoms with Crippen molar-refractivity contribution >= 4 is 23.3 Å². The Morgan fingerprint density at radius 1 is 1.06 bits per heavy atom. The number of allylic oxidation sites excluding steroid dienone is 1. The van der Waals surface area contributed by atoms with E-state index in [1.54, 1.807) is 12.4 Å². The number of aromatic nitrogens is 2. The molecule has 1 N–H and O–H groups in total. The third kappa shape index (κ3) is 3.70. The summed E-state index contributed by atoms with van der Waals surface area (Å²) in [7, 11) is 2.70. The molecule has 0 aliphatic carbocycles. The number of hydrogen-bond donors (Lipinski definition) is 1. The number of carbonyl (C=O) groups excluding carboxylic acids is 2. The van der Waals surface area contributed by atoms with Gasteiger partial charge in [0.1, 0.15) is 10.4 Å². The standard InChI is InChI=1S/C25H25N3O4S/c1-15-20(23(29)31-3)21(22-28-19(14-33-22)17-10-12-26-13-11-17)25(16(2)27-15,24(30)32-4)18-8-6-5-7-9-18/h5-14,16,21,27H,1-4H3. The van der Waals surface area contributed by atoms with E-state index in [9.17, 15) is 9.59 Å². The second-order valence-corrected chi connectivity index (χ2v) is 8.75. The summed E-state index contributed by atoms with van der Waals surface area (Å²) < 4.78 is 10.5. The highest BCUT2D eigenvalue weighted by Gasteiger charge is 2.59. The molecule has 0 amide bonds. The molecule has 0 saturated carbocycles. The summed E-state index contributed by atoms with van der Waals surface area (Å²) in [6.45, 7) is 3.74. The summed E-state index contributed by atoms with van der Waals surface area (Å²) in [5.74, 6) is -1.67. The van der Waals surface area contributed by atoms with Gasteiger partial charge in [-0.05, 0) is 31.5 Å². The van der Waals surface area contributed by atoms with Crippen LogP contribution < -0.4 is 5.32 Å². The molecule has 3 aromatic rings. The lowest BCUT2D eigenvalue weighted by atomic mass is 9.61. The van der Waals surface area contributed by atoms with E-state index in [0.29, 0.717) is 16.3 Å². The summed E-state index contributed by atoms with van der Waals surface area (Å²) in [6, 6.07) is 12.8. The van der Waals surface area contributed by atoms with Crippen LogP contribution in [0.15, 0.2) is 71.5 Å². The Morgan fingerprint density at radius 3 is 2.39 bits per heavy atom. The van der Waals surface area contributed by atoms with E-state index in [1.165, 1.54) is 25.6 Å². The van der Waals surface area contributed by atoms with E-state index in [2.05, 4.69) is 10.3 Å². The van der Waals surface area contributed by atoms with Crippen LogP contribution in [0.3, 0.4) is 0 Å². The van der Waals surface area contributed by atoms with Gasteiger partial charge in [-0.25, -0.2) is 9.78 Å². The highest BCUT2D eigenvalue weighted by molar-refractivity contribution is 7.10. The van der Waals surface area contributed by atoms with Crippen molar-refractivity contribution in [2.45, 2.75) is 31.2 Å². The van der Waals surface area contributed by atoms with Crippen LogP contribution in [0.2, 0.25) is 0 Å². The number of hydrogen-bond acceptors (Lipinski definition) is 8. The fourth-order valence-corrected chi connectivity index (χ4v) is 5.71. The van der Waals surface area contributed by atoms with E-state index >= 15 is 0 Å². The first kappa shape index (κ1) is 22.7. The lowest BCUT2D eigenvalue weighted by Crippen LogP contribution is -2.60. The SMILES string of the molecule is COC(=O)C1=C(C)NC(C)C(C(=O)OC)(c2ccccc2)C1c1nc(-c2ccncc2)cs1. The smallest absolute Gasteiger partial charge is 0.336 e. The van der Waals surface area contributed by atoms with Gasteiger partial charge in [0.25, 0.3) is 0 Å². The molecule has 8 heteroatoms. The van der Waals surface area contributed by atoms with Gasteiger partial charge in [0.15, 0.2) is 0 Å². The first-order valence-electron chi connectivity index (χ1n) is 10.5. The number of esters is 2. The summed E-state index contributed by atoms with van der Waals surface area (Å²) in [6.07, 6.45) is 3.40. The molecule has 7 nitrogen and oxygen atoms in total. The number of rotatable bonds is 5. The van der Waals surface area contributed by atoms with Gasteiger partial charge in [0, 0.05) is 35.1 Å². The summed E-state index contributed by atoms with van der Waals surface area (Å²) in [4.78, 5) is 35.7. The molecular weight excluding hydrogens is 438 g/mol. The maximum absolute atomic E-state index is 13.7. The van der Waals surface area contributed by atoms with Crippen LogP contribution in [-0.2, 0) is 24.5 Å². The van der Waals surface area contributed by atoms with Gasteiger partial charge in [-0.3, -0.25) is 9.78 Å². The van der Waals surface area contributed by atoms with E-state index in [4.69, 9.17) is 14.5 Å². The molecule has 0 radical (unpaired) electrons. The maximum atomic E-state index is 13.7. The largest absolute Gasteiger partial charge is 0.468 e. The van der Waals surface area contributed by atoms with Crippen LogP contribution in [-0.4, -0.2) is 42.2 Å². The Hall–Kier alpha value is -3.52. The van der Waals surface area contributed by atoms with Gasteiger partial charge >= 0.3 is 11.9 Å². The van der Waals surface area contributed by atoms with Crippen molar-refractivity contribution in [3.05, 3.63) is 82.1 Å². The molecule has 33 heavy (non-hydrogen) atoms. The molecule has 4 rings (SSSR count). The van der Waals surface area contributed by atoms with Crippen molar-refractivity contribution in [3.8, 4) is 11.3 Å². The van der Waals surface area contributed by atoms with Gasteiger partial charge in [0.2, 0.25) is 0 Å². The van der Waals surface area contributed by atoms with Crippen molar-refractivity contribution in [2.24, 2.45) is 0 Å². The quantitative estimate of drug-likeness (QED) is 0.575. The van der Waals surface area contributed by atoms with Crippen molar-refractivity contribution < 1.29 is 19.1 Å². The van der Waals surface area contributed by atoms with E-state index in [1.807, 2.05) is 61.7 Å². The predicted octanol–water partition coefficient (Wildman–Crippen LogP) is 3.84. The molecule has 0 bridgehead atoms. The van der Waals surface area contributed by atoms with Gasteiger partial charge in [0.05, 0.1) is 31.4 Å². The summed E-state index contributed by atoms with van der Waals surface area (Å²) >= 11 is 1.40. The van der Waals surface area contributed by atoms with Crippen molar-refractivity contribution in [2.75, 3.05) is 14.2 Å². The van der Waals surface area contributed by atoms with E-state index in [0.717, 1.165) is 16.8 Å². The molecule has 1 aromatic carbocycles. The van der Waals surface area contributed by atoms with Crippen LogP contribution >= 0.6 is 11.3 Å². The first-order chi connectivity index (χ1) is 15.9.